The van der Waals surface area contributed by atoms with Gasteiger partial charge in [-0.1, -0.05) is 0 Å². The first-order chi connectivity index (χ1) is 9.75. The number of aryl methyl sites for hydroxylation is 1. The molecule has 2 aromatic rings. The SMILES string of the molecule is Cn1ccnc1[C@@H]1OCC[C@H]1CNC(=O)c1ncn[nH]1. The maximum absolute atomic E-state index is 11.8. The first-order valence-corrected chi connectivity index (χ1v) is 6.48. The Balaban J connectivity index is 1.62. The van der Waals surface area contributed by atoms with Crippen LogP contribution in [0.5, 0.6) is 0 Å². The van der Waals surface area contributed by atoms with Gasteiger partial charge in [0.05, 0.1) is 0 Å². The predicted molar refractivity (Wildman–Crippen MR) is 68.7 cm³/mol. The van der Waals surface area contributed by atoms with E-state index in [0.29, 0.717) is 13.2 Å². The fourth-order valence-corrected chi connectivity index (χ4v) is 2.40. The van der Waals surface area contributed by atoms with Crippen LogP contribution < -0.4 is 5.32 Å². The molecule has 20 heavy (non-hydrogen) atoms. The molecule has 2 aromatic heterocycles. The molecule has 1 aliphatic rings. The fraction of sp³-hybridized carbons (Fsp3) is 0.500. The standard InChI is InChI=1S/C12H16N6O2/c1-18-4-3-13-11(18)9-8(2-5-20-9)6-14-12(19)10-15-7-16-17-10/h3-4,7-9H,2,5-6H2,1H3,(H,14,19)(H,15,16,17)/t8-,9+/m0/s1. The maximum atomic E-state index is 11.8. The van der Waals surface area contributed by atoms with Gasteiger partial charge in [0.15, 0.2) is 0 Å². The molecule has 0 aromatic carbocycles. The summed E-state index contributed by atoms with van der Waals surface area (Å²) in [6.07, 6.45) is 5.77. The van der Waals surface area contributed by atoms with E-state index >= 15 is 0 Å². The van der Waals surface area contributed by atoms with Gasteiger partial charge in [0.2, 0.25) is 5.82 Å². The number of carbonyl (C=O) groups excluding carboxylic acids is 1. The van der Waals surface area contributed by atoms with Crippen LogP contribution in [0.2, 0.25) is 0 Å². The van der Waals surface area contributed by atoms with Gasteiger partial charge in [-0.25, -0.2) is 9.97 Å². The number of amides is 1. The molecule has 0 aliphatic carbocycles. The lowest BCUT2D eigenvalue weighted by Gasteiger charge is -2.18. The summed E-state index contributed by atoms with van der Waals surface area (Å²) in [7, 11) is 1.94. The van der Waals surface area contributed by atoms with E-state index in [1.165, 1.54) is 6.33 Å². The molecule has 3 rings (SSSR count). The van der Waals surface area contributed by atoms with Crippen molar-refractivity contribution >= 4 is 5.91 Å². The van der Waals surface area contributed by atoms with Crippen LogP contribution in [0.3, 0.4) is 0 Å². The number of H-pyrrole nitrogens is 1. The zero-order chi connectivity index (χ0) is 13.9. The van der Waals surface area contributed by atoms with Crippen molar-refractivity contribution in [1.82, 2.24) is 30.0 Å². The number of ether oxygens (including phenoxy) is 1. The molecule has 1 amide bonds. The van der Waals surface area contributed by atoms with Gasteiger partial charge in [0, 0.05) is 38.5 Å². The van der Waals surface area contributed by atoms with E-state index < -0.39 is 0 Å². The van der Waals surface area contributed by atoms with Gasteiger partial charge in [0.1, 0.15) is 18.3 Å². The average molecular weight is 276 g/mol. The number of hydrogen-bond donors (Lipinski definition) is 2. The Morgan fingerprint density at radius 2 is 2.50 bits per heavy atom. The van der Waals surface area contributed by atoms with Crippen LogP contribution in [-0.4, -0.2) is 43.8 Å². The quantitative estimate of drug-likeness (QED) is 0.822. The fourth-order valence-electron chi connectivity index (χ4n) is 2.40. The van der Waals surface area contributed by atoms with E-state index in [1.54, 1.807) is 6.20 Å². The maximum Gasteiger partial charge on any atom is 0.288 e. The summed E-state index contributed by atoms with van der Waals surface area (Å²) in [5.74, 6) is 1.06. The number of nitrogens with one attached hydrogen (secondary N) is 2. The van der Waals surface area contributed by atoms with Crippen LogP contribution in [-0.2, 0) is 11.8 Å². The normalized spacial score (nSPS) is 22.1. The molecule has 2 atom stereocenters. The average Bonchev–Trinajstić information content (AvgIpc) is 3.17. The van der Waals surface area contributed by atoms with E-state index in [1.807, 2.05) is 17.8 Å². The minimum Gasteiger partial charge on any atom is -0.370 e. The summed E-state index contributed by atoms with van der Waals surface area (Å²) in [6.45, 7) is 1.21. The number of rotatable bonds is 4. The Bertz CT molecular complexity index is 579. The van der Waals surface area contributed by atoms with E-state index in [0.717, 1.165) is 12.2 Å². The Hall–Kier alpha value is -2.22. The van der Waals surface area contributed by atoms with Crippen molar-refractivity contribution in [2.24, 2.45) is 13.0 Å². The second-order valence-electron chi connectivity index (χ2n) is 4.78. The van der Waals surface area contributed by atoms with Gasteiger partial charge >= 0.3 is 0 Å². The van der Waals surface area contributed by atoms with Gasteiger partial charge in [-0.05, 0) is 6.42 Å². The van der Waals surface area contributed by atoms with Crippen molar-refractivity contribution in [1.29, 1.82) is 0 Å². The van der Waals surface area contributed by atoms with Gasteiger partial charge in [-0.15, -0.1) is 0 Å². The van der Waals surface area contributed by atoms with Crippen molar-refractivity contribution in [3.63, 3.8) is 0 Å². The molecule has 106 valence electrons. The number of nitrogens with zero attached hydrogens (tertiary/aromatic N) is 4. The minimum absolute atomic E-state index is 0.0787. The van der Waals surface area contributed by atoms with Crippen molar-refractivity contribution < 1.29 is 9.53 Å². The van der Waals surface area contributed by atoms with Gasteiger partial charge in [-0.2, -0.15) is 5.10 Å². The Morgan fingerprint density at radius 1 is 1.60 bits per heavy atom. The lowest BCUT2D eigenvalue weighted by molar-refractivity contribution is 0.0777. The van der Waals surface area contributed by atoms with Crippen molar-refractivity contribution in [2.75, 3.05) is 13.2 Å². The summed E-state index contributed by atoms with van der Waals surface area (Å²) in [5, 5.41) is 9.04. The molecule has 0 unspecified atom stereocenters. The molecule has 3 heterocycles. The third kappa shape index (κ3) is 2.42. The monoisotopic (exact) mass is 276 g/mol. The zero-order valence-electron chi connectivity index (χ0n) is 11.1. The first kappa shape index (κ1) is 12.8. The van der Waals surface area contributed by atoms with E-state index in [4.69, 9.17) is 4.74 Å². The van der Waals surface area contributed by atoms with Crippen molar-refractivity contribution in [3.05, 3.63) is 30.4 Å². The molecule has 0 bridgehead atoms. The van der Waals surface area contributed by atoms with E-state index in [-0.39, 0.29) is 23.8 Å². The highest BCUT2D eigenvalue weighted by atomic mass is 16.5. The summed E-state index contributed by atoms with van der Waals surface area (Å²) in [6, 6.07) is 0. The highest BCUT2D eigenvalue weighted by Gasteiger charge is 2.32. The summed E-state index contributed by atoms with van der Waals surface area (Å²) in [4.78, 5) is 20.0. The Morgan fingerprint density at radius 3 is 3.20 bits per heavy atom. The number of aromatic nitrogens is 5. The third-order valence-electron chi connectivity index (χ3n) is 3.48. The van der Waals surface area contributed by atoms with E-state index in [2.05, 4.69) is 25.5 Å². The predicted octanol–water partition coefficient (Wildman–Crippen LogP) is 0.0458. The highest BCUT2D eigenvalue weighted by Crippen LogP contribution is 2.32. The van der Waals surface area contributed by atoms with Crippen LogP contribution in [0.25, 0.3) is 0 Å². The lowest BCUT2D eigenvalue weighted by Crippen LogP contribution is -2.31. The second kappa shape index (κ2) is 5.41. The van der Waals surface area contributed by atoms with Crippen molar-refractivity contribution in [3.8, 4) is 0 Å². The van der Waals surface area contributed by atoms with Crippen LogP contribution in [0, 0.1) is 5.92 Å². The number of aromatic amines is 1. The molecule has 8 nitrogen and oxygen atoms in total. The third-order valence-corrected chi connectivity index (χ3v) is 3.48. The number of carbonyl (C=O) groups is 1. The van der Waals surface area contributed by atoms with Crippen LogP contribution in [0.4, 0.5) is 0 Å². The smallest absolute Gasteiger partial charge is 0.288 e. The number of imidazole rings is 1. The lowest BCUT2D eigenvalue weighted by atomic mass is 10.0. The molecule has 0 spiro atoms. The van der Waals surface area contributed by atoms with Crippen LogP contribution in [0.1, 0.15) is 29.0 Å². The van der Waals surface area contributed by atoms with Gasteiger partial charge in [-0.3, -0.25) is 9.89 Å². The Kier molecular flexibility index (Phi) is 3.46. The first-order valence-electron chi connectivity index (χ1n) is 6.48. The highest BCUT2D eigenvalue weighted by molar-refractivity contribution is 5.90. The van der Waals surface area contributed by atoms with Crippen LogP contribution >= 0.6 is 0 Å². The molecule has 0 radical (unpaired) electrons. The van der Waals surface area contributed by atoms with Gasteiger partial charge < -0.3 is 14.6 Å². The minimum atomic E-state index is -0.256. The zero-order valence-corrected chi connectivity index (χ0v) is 11.1. The van der Waals surface area contributed by atoms with E-state index in [9.17, 15) is 4.79 Å². The molecule has 0 saturated carbocycles. The second-order valence-corrected chi connectivity index (χ2v) is 4.78. The number of hydrogen-bond acceptors (Lipinski definition) is 5. The molecule has 1 aliphatic heterocycles. The molecule has 1 saturated heterocycles. The van der Waals surface area contributed by atoms with Crippen molar-refractivity contribution in [2.45, 2.75) is 12.5 Å². The topological polar surface area (TPSA) is 97.7 Å². The summed E-state index contributed by atoms with van der Waals surface area (Å²) >= 11 is 0. The molecule has 1 fully saturated rings. The Labute approximate surface area is 115 Å². The molecule has 2 N–H and O–H groups in total. The molecular weight excluding hydrogens is 260 g/mol. The molecular formula is C12H16N6O2. The summed E-state index contributed by atoms with van der Waals surface area (Å²) < 4.78 is 7.69. The van der Waals surface area contributed by atoms with Gasteiger partial charge in [0.25, 0.3) is 5.91 Å². The molecule has 8 heteroatoms. The van der Waals surface area contributed by atoms with Crippen LogP contribution in [0.15, 0.2) is 18.7 Å². The largest absolute Gasteiger partial charge is 0.370 e. The summed E-state index contributed by atoms with van der Waals surface area (Å²) in [5.41, 5.74) is 0.